The van der Waals surface area contributed by atoms with Crippen LogP contribution in [0.25, 0.3) is 23.1 Å². The molecule has 1 heteroatoms. The standard InChI is InChI=1S/C13H11N/c1-2-6-10-11-7-4-5-9-13(11)14-12(10)8-3-1/h1-2,4-9,14H,3H2. The molecule has 1 heterocycles. The molecule has 0 saturated carbocycles. The molecule has 0 unspecified atom stereocenters. The van der Waals surface area contributed by atoms with Gasteiger partial charge in [-0.2, -0.15) is 0 Å². The molecule has 68 valence electrons. The molecule has 0 fully saturated rings. The van der Waals surface area contributed by atoms with Crippen molar-refractivity contribution in [3.8, 4) is 0 Å². The second-order valence-corrected chi connectivity index (χ2v) is 3.53. The Bertz CT molecular complexity index is 614. The molecule has 14 heavy (non-hydrogen) atoms. The molecule has 0 radical (unpaired) electrons. The molecule has 1 aromatic carbocycles. The fraction of sp³-hybridized carbons (Fsp3) is 0.0769. The predicted molar refractivity (Wildman–Crippen MR) is 60.2 cm³/mol. The zero-order chi connectivity index (χ0) is 9.38. The summed E-state index contributed by atoms with van der Waals surface area (Å²) in [6, 6.07) is 8.43. The van der Waals surface area contributed by atoms with E-state index in [0.717, 1.165) is 6.42 Å². The third-order valence-electron chi connectivity index (χ3n) is 2.63. The zero-order valence-electron chi connectivity index (χ0n) is 7.83. The highest BCUT2D eigenvalue weighted by Crippen LogP contribution is 2.04. The Labute approximate surface area is 82.1 Å². The Hall–Kier alpha value is -1.76. The van der Waals surface area contributed by atoms with Crippen LogP contribution in [0.4, 0.5) is 0 Å². The Morgan fingerprint density at radius 3 is 3.07 bits per heavy atom. The van der Waals surface area contributed by atoms with Gasteiger partial charge >= 0.3 is 0 Å². The molecule has 3 rings (SSSR count). The fourth-order valence-electron chi connectivity index (χ4n) is 1.95. The quantitative estimate of drug-likeness (QED) is 0.636. The monoisotopic (exact) mass is 181 g/mol. The minimum absolute atomic E-state index is 1.01. The lowest BCUT2D eigenvalue weighted by atomic mass is 10.2. The molecule has 1 aliphatic carbocycles. The number of para-hydroxylation sites is 1. The summed E-state index contributed by atoms with van der Waals surface area (Å²) in [5.74, 6) is 0. The molecule has 0 atom stereocenters. The van der Waals surface area contributed by atoms with Crippen LogP contribution in [0.5, 0.6) is 0 Å². The third-order valence-corrected chi connectivity index (χ3v) is 2.63. The molecular weight excluding hydrogens is 170 g/mol. The molecule has 1 aromatic heterocycles. The van der Waals surface area contributed by atoms with Crippen LogP contribution < -0.4 is 10.6 Å². The number of H-pyrrole nitrogens is 1. The van der Waals surface area contributed by atoms with Gasteiger partial charge in [0.1, 0.15) is 0 Å². The van der Waals surface area contributed by atoms with Gasteiger partial charge < -0.3 is 4.98 Å². The molecule has 1 nitrogen and oxygen atoms in total. The van der Waals surface area contributed by atoms with E-state index in [1.807, 2.05) is 0 Å². The Balaban J connectivity index is 2.59. The van der Waals surface area contributed by atoms with E-state index in [9.17, 15) is 0 Å². The van der Waals surface area contributed by atoms with Crippen LogP contribution in [0.2, 0.25) is 0 Å². The second kappa shape index (κ2) is 2.88. The first-order valence-corrected chi connectivity index (χ1v) is 4.89. The number of rotatable bonds is 0. The average molecular weight is 181 g/mol. The normalized spacial score (nSPS) is 14.3. The van der Waals surface area contributed by atoms with Crippen LogP contribution in [0.1, 0.15) is 6.42 Å². The van der Waals surface area contributed by atoms with Gasteiger partial charge in [-0.25, -0.2) is 0 Å². The molecule has 0 amide bonds. The van der Waals surface area contributed by atoms with Gasteiger partial charge in [0.2, 0.25) is 0 Å². The van der Waals surface area contributed by atoms with Gasteiger partial charge in [0.25, 0.3) is 0 Å². The first kappa shape index (κ1) is 7.63. The number of aromatic amines is 1. The maximum Gasteiger partial charge on any atom is 0.0464 e. The Morgan fingerprint density at radius 2 is 2.07 bits per heavy atom. The van der Waals surface area contributed by atoms with Gasteiger partial charge in [0.15, 0.2) is 0 Å². The minimum Gasteiger partial charge on any atom is -0.355 e. The number of nitrogens with one attached hydrogen (secondary N) is 1. The zero-order valence-corrected chi connectivity index (χ0v) is 7.83. The predicted octanol–water partition coefficient (Wildman–Crippen LogP) is 1.69. The van der Waals surface area contributed by atoms with Crippen molar-refractivity contribution < 1.29 is 0 Å². The third kappa shape index (κ3) is 1.02. The van der Waals surface area contributed by atoms with Crippen molar-refractivity contribution in [2.45, 2.75) is 6.42 Å². The minimum atomic E-state index is 1.01. The van der Waals surface area contributed by atoms with Crippen molar-refractivity contribution in [3.63, 3.8) is 0 Å². The van der Waals surface area contributed by atoms with Crippen LogP contribution in [-0.4, -0.2) is 4.98 Å². The van der Waals surface area contributed by atoms with Crippen molar-refractivity contribution in [1.29, 1.82) is 0 Å². The highest BCUT2D eigenvalue weighted by Gasteiger charge is 1.98. The van der Waals surface area contributed by atoms with E-state index in [-0.39, 0.29) is 0 Å². The smallest absolute Gasteiger partial charge is 0.0464 e. The lowest BCUT2D eigenvalue weighted by molar-refractivity contribution is 1.33. The van der Waals surface area contributed by atoms with Crippen LogP contribution in [-0.2, 0) is 0 Å². The first-order chi connectivity index (χ1) is 6.95. The highest BCUT2D eigenvalue weighted by atomic mass is 14.7. The van der Waals surface area contributed by atoms with Crippen molar-refractivity contribution in [2.75, 3.05) is 0 Å². The number of fused-ring (bicyclic) bond motifs is 3. The summed E-state index contributed by atoms with van der Waals surface area (Å²) in [5.41, 5.74) is 1.22. The Kier molecular flexibility index (Phi) is 1.57. The molecule has 0 saturated heterocycles. The van der Waals surface area contributed by atoms with Gasteiger partial charge in [-0.3, -0.25) is 0 Å². The van der Waals surface area contributed by atoms with Crippen LogP contribution >= 0.6 is 0 Å². The number of hydrogen-bond acceptors (Lipinski definition) is 0. The van der Waals surface area contributed by atoms with Crippen molar-refractivity contribution in [3.05, 3.63) is 47.0 Å². The topological polar surface area (TPSA) is 15.8 Å². The van der Waals surface area contributed by atoms with Crippen LogP contribution in [0.15, 0.2) is 36.4 Å². The number of aromatic nitrogens is 1. The maximum atomic E-state index is 3.43. The summed E-state index contributed by atoms with van der Waals surface area (Å²) in [6.45, 7) is 0. The van der Waals surface area contributed by atoms with Gasteiger partial charge in [0.05, 0.1) is 0 Å². The number of benzene rings is 1. The maximum absolute atomic E-state index is 3.43. The van der Waals surface area contributed by atoms with E-state index in [1.54, 1.807) is 0 Å². The van der Waals surface area contributed by atoms with Gasteiger partial charge in [-0.1, -0.05) is 42.5 Å². The van der Waals surface area contributed by atoms with E-state index in [2.05, 4.69) is 53.6 Å². The summed E-state index contributed by atoms with van der Waals surface area (Å²) in [6.07, 6.45) is 9.72. The van der Waals surface area contributed by atoms with Gasteiger partial charge in [0, 0.05) is 21.5 Å². The lowest BCUT2D eigenvalue weighted by Crippen LogP contribution is -2.21. The first-order valence-electron chi connectivity index (χ1n) is 4.89. The highest BCUT2D eigenvalue weighted by molar-refractivity contribution is 5.81. The SMILES string of the molecule is C1=CCC=c2[nH]c3ccccc3c2=C1. The summed E-state index contributed by atoms with van der Waals surface area (Å²) in [4.78, 5) is 3.43. The number of hydrogen-bond donors (Lipinski definition) is 1. The van der Waals surface area contributed by atoms with Gasteiger partial charge in [-0.05, 0) is 12.5 Å². The van der Waals surface area contributed by atoms with E-state index in [1.165, 1.54) is 21.5 Å². The number of allylic oxidation sites excluding steroid dienone is 2. The van der Waals surface area contributed by atoms with E-state index < -0.39 is 0 Å². The summed E-state index contributed by atoms with van der Waals surface area (Å²) in [5, 5.41) is 3.87. The van der Waals surface area contributed by atoms with Gasteiger partial charge in [-0.15, -0.1) is 0 Å². The average Bonchev–Trinajstić information content (AvgIpc) is 2.42. The molecular formula is C13H11N. The van der Waals surface area contributed by atoms with Crippen molar-refractivity contribution in [2.24, 2.45) is 0 Å². The van der Waals surface area contributed by atoms with Crippen LogP contribution in [0, 0.1) is 0 Å². The molecule has 0 spiro atoms. The van der Waals surface area contributed by atoms with Crippen molar-refractivity contribution >= 4 is 23.1 Å². The van der Waals surface area contributed by atoms with E-state index >= 15 is 0 Å². The van der Waals surface area contributed by atoms with E-state index in [0.29, 0.717) is 0 Å². The molecule has 2 aromatic rings. The molecule has 1 aliphatic rings. The summed E-state index contributed by atoms with van der Waals surface area (Å²) in [7, 11) is 0. The molecule has 1 N–H and O–H groups in total. The summed E-state index contributed by atoms with van der Waals surface area (Å²) < 4.78 is 0. The Morgan fingerprint density at radius 1 is 1.14 bits per heavy atom. The van der Waals surface area contributed by atoms with E-state index in [4.69, 9.17) is 0 Å². The van der Waals surface area contributed by atoms with Crippen molar-refractivity contribution in [1.82, 2.24) is 4.98 Å². The van der Waals surface area contributed by atoms with Crippen LogP contribution in [0.3, 0.4) is 0 Å². The fourth-order valence-corrected chi connectivity index (χ4v) is 1.95. The lowest BCUT2D eigenvalue weighted by Gasteiger charge is -1.85. The molecule has 0 aliphatic heterocycles. The second-order valence-electron chi connectivity index (χ2n) is 3.53. The summed E-state index contributed by atoms with van der Waals surface area (Å²) >= 11 is 0. The molecule has 0 bridgehead atoms. The largest absolute Gasteiger partial charge is 0.355 e.